The average Bonchev–Trinajstić information content (AvgIpc) is 1.98. The summed E-state index contributed by atoms with van der Waals surface area (Å²) in [4.78, 5) is 0. The molecule has 0 heterocycles. The second-order valence-electron chi connectivity index (χ2n) is 2.69. The molecule has 0 saturated heterocycles. The van der Waals surface area contributed by atoms with Crippen molar-refractivity contribution in [3.8, 4) is 0 Å². The van der Waals surface area contributed by atoms with Crippen LogP contribution in [0, 0.1) is 5.92 Å². The first-order valence-electron chi connectivity index (χ1n) is 4.07. The van der Waals surface area contributed by atoms with E-state index in [1.54, 1.807) is 0 Å². The summed E-state index contributed by atoms with van der Waals surface area (Å²) in [6, 6.07) is 0. The molecule has 1 unspecified atom stereocenters. The molecule has 0 aliphatic heterocycles. The predicted molar refractivity (Wildman–Crippen MR) is 39.3 cm³/mol. The maximum atomic E-state index is 4.84. The summed E-state index contributed by atoms with van der Waals surface area (Å²) in [5.74, 6) is 0.734. The van der Waals surface area contributed by atoms with E-state index in [1.807, 2.05) is 0 Å². The molecular formula is C8H17FeO. The fraction of sp³-hybridized carbons (Fsp3) is 1.00. The number of rotatable bonds is 6. The second-order valence-corrected chi connectivity index (χ2v) is 3.00. The molecule has 0 radical (unpaired) electrons. The first-order chi connectivity index (χ1) is 4.85. The Bertz CT molecular complexity index is 66.3. The molecule has 0 aliphatic rings. The maximum absolute atomic E-state index is 4.84. The number of hydrogen-bond donors (Lipinski definition) is 0. The quantitative estimate of drug-likeness (QED) is 0.578. The van der Waals surface area contributed by atoms with Crippen molar-refractivity contribution < 1.29 is 20.2 Å². The Morgan fingerprint density at radius 3 is 2.50 bits per heavy atom. The van der Waals surface area contributed by atoms with Gasteiger partial charge in [0.15, 0.2) is 0 Å². The van der Waals surface area contributed by atoms with Gasteiger partial charge in [-0.3, -0.25) is 0 Å². The zero-order chi connectivity index (χ0) is 7.82. The molecule has 2 heteroatoms. The first-order valence-corrected chi connectivity index (χ1v) is 4.52. The molecule has 0 aromatic carbocycles. The molecule has 63 valence electrons. The van der Waals surface area contributed by atoms with E-state index in [0.29, 0.717) is 0 Å². The van der Waals surface area contributed by atoms with E-state index in [2.05, 4.69) is 30.2 Å². The first kappa shape index (κ1) is 10.5. The molecule has 10 heavy (non-hydrogen) atoms. The Labute approximate surface area is 72.7 Å². The molecule has 0 aliphatic carbocycles. The molecule has 0 aromatic rings. The Morgan fingerprint density at radius 1 is 1.40 bits per heavy atom. The molecule has 0 rings (SSSR count). The third kappa shape index (κ3) is 5.28. The van der Waals surface area contributed by atoms with Crippen molar-refractivity contribution in [3.63, 3.8) is 0 Å². The van der Waals surface area contributed by atoms with Gasteiger partial charge in [0.25, 0.3) is 0 Å². The van der Waals surface area contributed by atoms with E-state index in [4.69, 9.17) is 3.82 Å². The van der Waals surface area contributed by atoms with Gasteiger partial charge in [-0.25, -0.2) is 0 Å². The van der Waals surface area contributed by atoms with Gasteiger partial charge in [-0.15, -0.1) is 0 Å². The summed E-state index contributed by atoms with van der Waals surface area (Å²) in [5.41, 5.74) is 0. The summed E-state index contributed by atoms with van der Waals surface area (Å²) in [7, 11) is 0. The van der Waals surface area contributed by atoms with Crippen LogP contribution in [0.2, 0.25) is 0 Å². The number of unbranched alkanes of at least 4 members (excludes halogenated alkanes) is 1. The molecule has 0 saturated carbocycles. The van der Waals surface area contributed by atoms with Crippen molar-refractivity contribution in [2.75, 3.05) is 6.61 Å². The Morgan fingerprint density at radius 2 is 2.10 bits per heavy atom. The van der Waals surface area contributed by atoms with Gasteiger partial charge in [-0.2, -0.15) is 0 Å². The Balaban J connectivity index is 3.21. The van der Waals surface area contributed by atoms with Crippen LogP contribution in [0.1, 0.15) is 39.5 Å². The molecule has 0 bridgehead atoms. The molecule has 0 spiro atoms. The zero-order valence-electron chi connectivity index (χ0n) is 6.87. The van der Waals surface area contributed by atoms with Gasteiger partial charge >= 0.3 is 72.2 Å². The third-order valence-electron chi connectivity index (χ3n) is 1.84. The van der Waals surface area contributed by atoms with Gasteiger partial charge in [0.1, 0.15) is 0 Å². The summed E-state index contributed by atoms with van der Waals surface area (Å²) in [6.07, 6.45) is 5.12. The molecule has 0 N–H and O–H groups in total. The summed E-state index contributed by atoms with van der Waals surface area (Å²) in [6.45, 7) is 5.26. The molecular weight excluding hydrogens is 168 g/mol. The second kappa shape index (κ2) is 7.58. The van der Waals surface area contributed by atoms with E-state index in [0.717, 1.165) is 12.5 Å². The van der Waals surface area contributed by atoms with Gasteiger partial charge in [-0.05, 0) is 0 Å². The van der Waals surface area contributed by atoms with Crippen LogP contribution in [0.4, 0.5) is 0 Å². The van der Waals surface area contributed by atoms with Crippen molar-refractivity contribution in [3.05, 3.63) is 0 Å². The minimum atomic E-state index is 0.734. The van der Waals surface area contributed by atoms with Gasteiger partial charge < -0.3 is 0 Å². The summed E-state index contributed by atoms with van der Waals surface area (Å²) in [5, 5.41) is 0. The van der Waals surface area contributed by atoms with Crippen molar-refractivity contribution in [2.24, 2.45) is 5.92 Å². The fourth-order valence-corrected chi connectivity index (χ4v) is 1.24. The van der Waals surface area contributed by atoms with E-state index in [1.165, 1.54) is 25.7 Å². The van der Waals surface area contributed by atoms with E-state index < -0.39 is 0 Å². The Kier molecular flexibility index (Phi) is 7.95. The molecule has 0 amide bonds. The van der Waals surface area contributed by atoms with Crippen LogP contribution in [0.5, 0.6) is 0 Å². The SMILES string of the molecule is CCCCC(CC)C[O][Fe]. The monoisotopic (exact) mass is 185 g/mol. The molecule has 1 nitrogen and oxygen atoms in total. The average molecular weight is 185 g/mol. The Hall–Kier alpha value is 0.479. The number of hydrogen-bond acceptors (Lipinski definition) is 1. The van der Waals surface area contributed by atoms with Crippen LogP contribution >= 0.6 is 0 Å². The van der Waals surface area contributed by atoms with Crippen molar-refractivity contribution >= 4 is 0 Å². The normalized spacial score (nSPS) is 13.5. The fourth-order valence-electron chi connectivity index (χ4n) is 0.981. The van der Waals surface area contributed by atoms with Crippen molar-refractivity contribution in [1.82, 2.24) is 0 Å². The van der Waals surface area contributed by atoms with Crippen LogP contribution < -0.4 is 0 Å². The van der Waals surface area contributed by atoms with Gasteiger partial charge in [0.05, 0.1) is 0 Å². The summed E-state index contributed by atoms with van der Waals surface area (Å²) >= 11 is 3.38. The van der Waals surface area contributed by atoms with Crippen LogP contribution in [0.25, 0.3) is 0 Å². The molecule has 0 aromatic heterocycles. The van der Waals surface area contributed by atoms with Gasteiger partial charge in [-0.1, -0.05) is 0 Å². The van der Waals surface area contributed by atoms with Crippen LogP contribution in [-0.4, -0.2) is 6.61 Å². The topological polar surface area (TPSA) is 9.23 Å². The van der Waals surface area contributed by atoms with Gasteiger partial charge in [0.2, 0.25) is 0 Å². The van der Waals surface area contributed by atoms with Gasteiger partial charge in [0, 0.05) is 0 Å². The molecule has 0 fully saturated rings. The van der Waals surface area contributed by atoms with Crippen molar-refractivity contribution in [1.29, 1.82) is 0 Å². The van der Waals surface area contributed by atoms with Crippen LogP contribution in [0.3, 0.4) is 0 Å². The zero-order valence-corrected chi connectivity index (χ0v) is 7.98. The predicted octanol–water partition coefficient (Wildman–Crippen LogP) is 2.68. The minimum absolute atomic E-state index is 0.734. The third-order valence-corrected chi connectivity index (χ3v) is 2.02. The standard InChI is InChI=1S/C8H17O.Fe/c1-3-5-6-8(4-2)7-9;/h8H,3-7H2,1-2H3;/q-1;+1. The summed E-state index contributed by atoms with van der Waals surface area (Å²) < 4.78 is 4.84. The van der Waals surface area contributed by atoms with E-state index in [-0.39, 0.29) is 0 Å². The van der Waals surface area contributed by atoms with Crippen LogP contribution in [0.15, 0.2) is 0 Å². The molecule has 1 atom stereocenters. The van der Waals surface area contributed by atoms with Crippen LogP contribution in [-0.2, 0) is 20.2 Å². The van der Waals surface area contributed by atoms with E-state index in [9.17, 15) is 0 Å². The van der Waals surface area contributed by atoms with E-state index >= 15 is 0 Å². The van der Waals surface area contributed by atoms with Crippen molar-refractivity contribution in [2.45, 2.75) is 39.5 Å².